The van der Waals surface area contributed by atoms with Gasteiger partial charge in [0.25, 0.3) is 0 Å². The van der Waals surface area contributed by atoms with Crippen LogP contribution >= 0.6 is 0 Å². The minimum atomic E-state index is -1.79. The first-order chi connectivity index (χ1) is 19.9. The number of aliphatic hydroxyl groups excluding tert-OH is 7. The molecule has 1 unspecified atom stereocenters. The second-order valence-electron chi connectivity index (χ2n) is 10.4. The molecule has 3 aliphatic rings. The number of ketones is 1. The Balaban J connectivity index is 1.32. The third-order valence-electron chi connectivity index (χ3n) is 7.49. The molecule has 2 saturated heterocycles. The number of Topliss-reactive ketones (excluding diaryl/α,β-unsaturated/α-hetero) is 1. The summed E-state index contributed by atoms with van der Waals surface area (Å²) in [6.45, 7) is 0.937. The number of fused-ring (bicyclic) bond motifs is 1. The van der Waals surface area contributed by atoms with E-state index in [2.05, 4.69) is 0 Å². The van der Waals surface area contributed by atoms with Gasteiger partial charge in [0.15, 0.2) is 18.5 Å². The number of aliphatic hydroxyl groups is 7. The largest absolute Gasteiger partial charge is 0.508 e. The first-order valence-electron chi connectivity index (χ1n) is 13.1. The Kier molecular flexibility index (Phi) is 8.60. The third-order valence-corrected chi connectivity index (χ3v) is 7.49. The second kappa shape index (κ2) is 11.9. The monoisotopic (exact) mass is 596 g/mol. The van der Waals surface area contributed by atoms with Gasteiger partial charge in [-0.1, -0.05) is 12.1 Å². The number of phenolic OH excluding ortho intramolecular Hbond substituents is 2. The number of rotatable bonds is 6. The van der Waals surface area contributed by atoms with Gasteiger partial charge in [0.1, 0.15) is 71.3 Å². The standard InChI is InChI=1S/C27H32O15/c1-9-17(30)20(33)23(36)26(39-9)38-8-15-18(31)21(34)24(37)27(42-15)40-12-6-13(29)16-14(7-12)41-25(22(35)19(16)32)10-2-4-11(28)5-3-10/h2-7,9,15,17-18,20-31,33-37H,8H2,1H3/t9-,15+,17-,18+,20+,21-,22-,23+,24+,25+,26?,27+/m0/s1. The molecule has 0 aliphatic carbocycles. The van der Waals surface area contributed by atoms with Crippen LogP contribution in [0.15, 0.2) is 36.4 Å². The maximum Gasteiger partial charge on any atom is 0.229 e. The van der Waals surface area contributed by atoms with Gasteiger partial charge in [-0.3, -0.25) is 4.79 Å². The van der Waals surface area contributed by atoms with Crippen LogP contribution in [0.25, 0.3) is 0 Å². The van der Waals surface area contributed by atoms with Crippen LogP contribution in [-0.4, -0.2) is 126 Å². The van der Waals surface area contributed by atoms with Gasteiger partial charge < -0.3 is 69.6 Å². The van der Waals surface area contributed by atoms with Crippen LogP contribution in [0.5, 0.6) is 23.0 Å². The molecule has 0 radical (unpaired) electrons. The molecule has 0 bridgehead atoms. The zero-order valence-corrected chi connectivity index (χ0v) is 22.1. The van der Waals surface area contributed by atoms with Gasteiger partial charge >= 0.3 is 0 Å². The summed E-state index contributed by atoms with van der Waals surface area (Å²) in [5, 5.41) is 92.0. The van der Waals surface area contributed by atoms with E-state index in [0.717, 1.165) is 6.07 Å². The Morgan fingerprint density at radius 2 is 1.43 bits per heavy atom. The summed E-state index contributed by atoms with van der Waals surface area (Å²) < 4.78 is 27.8. The molecule has 5 rings (SSSR count). The maximum atomic E-state index is 12.9. The van der Waals surface area contributed by atoms with Crippen molar-refractivity contribution in [3.8, 4) is 23.0 Å². The number of phenols is 2. The molecule has 15 nitrogen and oxygen atoms in total. The van der Waals surface area contributed by atoms with Gasteiger partial charge in [-0.2, -0.15) is 0 Å². The van der Waals surface area contributed by atoms with Crippen LogP contribution in [0, 0.1) is 0 Å². The second-order valence-corrected chi connectivity index (χ2v) is 10.4. The lowest BCUT2D eigenvalue weighted by Crippen LogP contribution is -2.61. The van der Waals surface area contributed by atoms with Crippen molar-refractivity contribution in [2.45, 2.75) is 80.5 Å². The minimum absolute atomic E-state index is 0.0421. The van der Waals surface area contributed by atoms with E-state index in [1.54, 1.807) is 0 Å². The molecule has 0 aromatic heterocycles. The van der Waals surface area contributed by atoms with Gasteiger partial charge in [0, 0.05) is 12.1 Å². The van der Waals surface area contributed by atoms with Gasteiger partial charge in [-0.05, 0) is 24.6 Å². The predicted molar refractivity (Wildman–Crippen MR) is 136 cm³/mol. The lowest BCUT2D eigenvalue weighted by atomic mass is 9.93. The number of aromatic hydroxyl groups is 2. The zero-order chi connectivity index (χ0) is 30.5. The molecule has 0 spiro atoms. The van der Waals surface area contributed by atoms with E-state index >= 15 is 0 Å². The van der Waals surface area contributed by atoms with E-state index in [1.165, 1.54) is 37.3 Å². The Bertz CT molecular complexity index is 1270. The highest BCUT2D eigenvalue weighted by atomic mass is 16.7. The topological polar surface area (TPSA) is 245 Å². The Hall–Kier alpha value is -3.09. The van der Waals surface area contributed by atoms with Crippen molar-refractivity contribution < 1.29 is 74.4 Å². The molecule has 15 heteroatoms. The Morgan fingerprint density at radius 1 is 0.786 bits per heavy atom. The fourth-order valence-electron chi connectivity index (χ4n) is 5.01. The average Bonchev–Trinajstić information content (AvgIpc) is 2.96. The third kappa shape index (κ3) is 5.63. The van der Waals surface area contributed by atoms with Crippen LogP contribution < -0.4 is 9.47 Å². The molecule has 0 amide bonds. The predicted octanol–water partition coefficient (Wildman–Crippen LogP) is -2.19. The summed E-state index contributed by atoms with van der Waals surface area (Å²) >= 11 is 0. The molecule has 2 fully saturated rings. The van der Waals surface area contributed by atoms with Crippen LogP contribution in [0.1, 0.15) is 28.9 Å². The molecule has 42 heavy (non-hydrogen) atoms. The van der Waals surface area contributed by atoms with Crippen molar-refractivity contribution in [3.05, 3.63) is 47.5 Å². The number of benzene rings is 2. The summed E-state index contributed by atoms with van der Waals surface area (Å²) in [5.74, 6) is -1.83. The van der Waals surface area contributed by atoms with Gasteiger partial charge in [-0.15, -0.1) is 0 Å². The van der Waals surface area contributed by atoms with Crippen molar-refractivity contribution in [2.75, 3.05) is 6.61 Å². The molecule has 0 saturated carbocycles. The van der Waals surface area contributed by atoms with Crippen molar-refractivity contribution in [3.63, 3.8) is 0 Å². The fraction of sp³-hybridized carbons (Fsp3) is 0.519. The molecule has 9 N–H and O–H groups in total. The molecule has 2 aromatic carbocycles. The number of carbonyl (C=O) groups is 1. The summed E-state index contributed by atoms with van der Waals surface area (Å²) in [4.78, 5) is 12.9. The molecule has 3 heterocycles. The van der Waals surface area contributed by atoms with E-state index in [9.17, 15) is 50.8 Å². The zero-order valence-electron chi connectivity index (χ0n) is 22.1. The number of carbonyl (C=O) groups excluding carboxylic acids is 1. The Labute approximate surface area is 238 Å². The van der Waals surface area contributed by atoms with Crippen molar-refractivity contribution in [2.24, 2.45) is 0 Å². The van der Waals surface area contributed by atoms with Crippen molar-refractivity contribution in [1.82, 2.24) is 0 Å². The normalized spacial score (nSPS) is 38.4. The van der Waals surface area contributed by atoms with Crippen LogP contribution in [0.3, 0.4) is 0 Å². The van der Waals surface area contributed by atoms with E-state index in [0.29, 0.717) is 5.56 Å². The summed E-state index contributed by atoms with van der Waals surface area (Å²) in [5.41, 5.74) is 0.0453. The SMILES string of the molecule is C[C@@H]1OC(OC[C@H]2O[C@@H](Oc3cc(O)c4c(c3)O[C@H](c3ccc(O)cc3)[C@@H](O)C4=O)[C@H](O)[C@@H](O)[C@@H]2O)[C@H](O)[C@H](O)[C@H]1O. The molecule has 230 valence electrons. The van der Waals surface area contributed by atoms with Crippen molar-refractivity contribution >= 4 is 5.78 Å². The van der Waals surface area contributed by atoms with Crippen LogP contribution in [-0.2, 0) is 14.2 Å². The fourth-order valence-corrected chi connectivity index (χ4v) is 5.01. The highest BCUT2D eigenvalue weighted by Crippen LogP contribution is 2.43. The van der Waals surface area contributed by atoms with E-state index in [1.807, 2.05) is 0 Å². The molecular weight excluding hydrogens is 564 g/mol. The lowest BCUT2D eigenvalue weighted by Gasteiger charge is -2.42. The average molecular weight is 597 g/mol. The van der Waals surface area contributed by atoms with Crippen molar-refractivity contribution in [1.29, 1.82) is 0 Å². The highest BCUT2D eigenvalue weighted by molar-refractivity contribution is 6.05. The van der Waals surface area contributed by atoms with E-state index in [4.69, 9.17) is 23.7 Å². The summed E-state index contributed by atoms with van der Waals surface area (Å²) in [6.07, 6.45) is -18.0. The summed E-state index contributed by atoms with van der Waals surface area (Å²) in [7, 11) is 0. The van der Waals surface area contributed by atoms with E-state index < -0.39 is 91.8 Å². The number of hydrogen-bond acceptors (Lipinski definition) is 15. The molecule has 2 aromatic rings. The minimum Gasteiger partial charge on any atom is -0.508 e. The highest BCUT2D eigenvalue weighted by Gasteiger charge is 2.47. The molecule has 12 atom stereocenters. The molecule has 3 aliphatic heterocycles. The van der Waals surface area contributed by atoms with Gasteiger partial charge in [-0.25, -0.2) is 0 Å². The molecular formula is C27H32O15. The number of ether oxygens (including phenoxy) is 5. The first-order valence-corrected chi connectivity index (χ1v) is 13.1. The number of hydrogen-bond donors (Lipinski definition) is 9. The summed E-state index contributed by atoms with van der Waals surface area (Å²) in [6, 6.07) is 7.79. The van der Waals surface area contributed by atoms with Crippen LogP contribution in [0.4, 0.5) is 0 Å². The van der Waals surface area contributed by atoms with Crippen LogP contribution in [0.2, 0.25) is 0 Å². The maximum absolute atomic E-state index is 12.9. The Morgan fingerprint density at radius 3 is 2.12 bits per heavy atom. The smallest absolute Gasteiger partial charge is 0.229 e. The quantitative estimate of drug-likeness (QED) is 0.172. The van der Waals surface area contributed by atoms with E-state index in [-0.39, 0.29) is 22.8 Å². The van der Waals surface area contributed by atoms with Gasteiger partial charge in [0.2, 0.25) is 12.1 Å². The first kappa shape index (κ1) is 30.4. The lowest BCUT2D eigenvalue weighted by molar-refractivity contribution is -0.318. The van der Waals surface area contributed by atoms with Gasteiger partial charge in [0.05, 0.1) is 12.7 Å².